The van der Waals surface area contributed by atoms with E-state index in [1.165, 1.54) is 32.1 Å². The van der Waals surface area contributed by atoms with Gasteiger partial charge in [0.1, 0.15) is 5.82 Å². The summed E-state index contributed by atoms with van der Waals surface area (Å²) < 4.78 is 8.35. The second-order valence-corrected chi connectivity index (χ2v) is 5.89. The Kier molecular flexibility index (Phi) is 5.61. The standard InChI is InChI=1S/C16H29N3O/c1-4-20-16(10-6-5-7-11-16)14(17-2)8-9-15-18-12-13-19(15)3/h12-14,17H,4-11H2,1-3H3. The first-order valence-electron chi connectivity index (χ1n) is 7.99. The van der Waals surface area contributed by atoms with E-state index in [2.05, 4.69) is 35.9 Å². The molecule has 1 aliphatic rings. The van der Waals surface area contributed by atoms with E-state index < -0.39 is 0 Å². The van der Waals surface area contributed by atoms with Crippen LogP contribution in [-0.2, 0) is 18.2 Å². The number of aryl methyl sites for hydroxylation is 2. The summed E-state index contributed by atoms with van der Waals surface area (Å²) in [6.45, 7) is 2.92. The maximum Gasteiger partial charge on any atom is 0.108 e. The lowest BCUT2D eigenvalue weighted by Gasteiger charge is -2.43. The third-order valence-corrected chi connectivity index (χ3v) is 4.69. The molecular weight excluding hydrogens is 250 g/mol. The number of likely N-dealkylation sites (N-methyl/N-ethyl adjacent to an activating group) is 1. The molecule has 0 aromatic carbocycles. The van der Waals surface area contributed by atoms with Gasteiger partial charge in [0.15, 0.2) is 0 Å². The minimum atomic E-state index is 0.0346. The molecule has 4 heteroatoms. The lowest BCUT2D eigenvalue weighted by molar-refractivity contribution is -0.0900. The molecule has 1 aromatic heterocycles. The van der Waals surface area contributed by atoms with E-state index in [1.54, 1.807) is 0 Å². The van der Waals surface area contributed by atoms with Crippen LogP contribution in [0.25, 0.3) is 0 Å². The number of nitrogens with zero attached hydrogens (tertiary/aromatic N) is 2. The van der Waals surface area contributed by atoms with Crippen molar-refractivity contribution in [1.29, 1.82) is 0 Å². The molecule has 20 heavy (non-hydrogen) atoms. The quantitative estimate of drug-likeness (QED) is 0.834. The lowest BCUT2D eigenvalue weighted by atomic mass is 9.77. The summed E-state index contributed by atoms with van der Waals surface area (Å²) in [7, 11) is 4.13. The molecule has 0 spiro atoms. The Balaban J connectivity index is 2.02. The van der Waals surface area contributed by atoms with Crippen molar-refractivity contribution in [1.82, 2.24) is 14.9 Å². The van der Waals surface area contributed by atoms with Gasteiger partial charge in [-0.2, -0.15) is 0 Å². The van der Waals surface area contributed by atoms with Gasteiger partial charge in [0.25, 0.3) is 0 Å². The van der Waals surface area contributed by atoms with E-state index >= 15 is 0 Å². The number of imidazole rings is 1. The average Bonchev–Trinajstić information content (AvgIpc) is 2.86. The van der Waals surface area contributed by atoms with E-state index in [9.17, 15) is 0 Å². The molecule has 0 amide bonds. The van der Waals surface area contributed by atoms with Crippen molar-refractivity contribution in [3.05, 3.63) is 18.2 Å². The largest absolute Gasteiger partial charge is 0.374 e. The smallest absolute Gasteiger partial charge is 0.108 e. The summed E-state index contributed by atoms with van der Waals surface area (Å²) in [5.74, 6) is 1.16. The predicted octanol–water partition coefficient (Wildman–Crippen LogP) is 2.68. The molecule has 0 radical (unpaired) electrons. The van der Waals surface area contributed by atoms with Gasteiger partial charge in [-0.15, -0.1) is 0 Å². The molecule has 1 heterocycles. The fourth-order valence-electron chi connectivity index (χ4n) is 3.61. The Bertz CT molecular complexity index is 391. The molecule has 4 nitrogen and oxygen atoms in total. The Hall–Kier alpha value is -0.870. The Morgan fingerprint density at radius 2 is 2.15 bits per heavy atom. The molecule has 1 aliphatic carbocycles. The van der Waals surface area contributed by atoms with Gasteiger partial charge in [-0.05, 0) is 33.2 Å². The van der Waals surface area contributed by atoms with Gasteiger partial charge in [0.05, 0.1) is 5.60 Å². The normalized spacial score (nSPS) is 19.9. The zero-order valence-electron chi connectivity index (χ0n) is 13.2. The number of hydrogen-bond donors (Lipinski definition) is 1. The van der Waals surface area contributed by atoms with Crippen molar-refractivity contribution in [2.75, 3.05) is 13.7 Å². The molecule has 0 saturated heterocycles. The van der Waals surface area contributed by atoms with Crippen molar-refractivity contribution >= 4 is 0 Å². The topological polar surface area (TPSA) is 39.1 Å². The van der Waals surface area contributed by atoms with E-state index in [1.807, 2.05) is 12.4 Å². The first-order valence-corrected chi connectivity index (χ1v) is 7.99. The van der Waals surface area contributed by atoms with Crippen molar-refractivity contribution in [2.45, 2.75) is 63.5 Å². The number of rotatable bonds is 7. The fourth-order valence-corrected chi connectivity index (χ4v) is 3.61. The van der Waals surface area contributed by atoms with Gasteiger partial charge in [-0.3, -0.25) is 0 Å². The van der Waals surface area contributed by atoms with Crippen LogP contribution in [-0.4, -0.2) is 34.8 Å². The van der Waals surface area contributed by atoms with Crippen molar-refractivity contribution in [2.24, 2.45) is 7.05 Å². The SMILES string of the molecule is CCOC1(C(CCc2nccn2C)NC)CCCCC1. The van der Waals surface area contributed by atoms with Crippen molar-refractivity contribution in [3.8, 4) is 0 Å². The first-order chi connectivity index (χ1) is 9.72. The van der Waals surface area contributed by atoms with Crippen LogP contribution in [0, 0.1) is 0 Å². The van der Waals surface area contributed by atoms with Gasteiger partial charge in [0.2, 0.25) is 0 Å². The van der Waals surface area contributed by atoms with Crippen LogP contribution in [0.1, 0.15) is 51.3 Å². The van der Waals surface area contributed by atoms with Gasteiger partial charge >= 0.3 is 0 Å². The number of aromatic nitrogens is 2. The highest BCUT2D eigenvalue weighted by Crippen LogP contribution is 2.36. The summed E-state index contributed by atoms with van der Waals surface area (Å²) in [5.41, 5.74) is 0.0346. The zero-order valence-corrected chi connectivity index (χ0v) is 13.2. The van der Waals surface area contributed by atoms with Crippen LogP contribution in [0.15, 0.2) is 12.4 Å². The Morgan fingerprint density at radius 1 is 1.40 bits per heavy atom. The molecular formula is C16H29N3O. The van der Waals surface area contributed by atoms with Crippen molar-refractivity contribution in [3.63, 3.8) is 0 Å². The van der Waals surface area contributed by atoms with E-state index in [-0.39, 0.29) is 5.60 Å². The predicted molar refractivity (Wildman–Crippen MR) is 81.8 cm³/mol. The van der Waals surface area contributed by atoms with Crippen LogP contribution < -0.4 is 5.32 Å². The monoisotopic (exact) mass is 279 g/mol. The third-order valence-electron chi connectivity index (χ3n) is 4.69. The summed E-state index contributed by atoms with van der Waals surface area (Å²) >= 11 is 0. The van der Waals surface area contributed by atoms with Gasteiger partial charge < -0.3 is 14.6 Å². The highest BCUT2D eigenvalue weighted by atomic mass is 16.5. The van der Waals surface area contributed by atoms with Crippen LogP contribution >= 0.6 is 0 Å². The maximum atomic E-state index is 6.23. The second kappa shape index (κ2) is 7.23. The van der Waals surface area contributed by atoms with E-state index in [0.717, 1.165) is 25.3 Å². The van der Waals surface area contributed by atoms with Gasteiger partial charge in [0, 0.05) is 38.5 Å². The Morgan fingerprint density at radius 3 is 2.70 bits per heavy atom. The lowest BCUT2D eigenvalue weighted by Crippen LogP contribution is -2.53. The third kappa shape index (κ3) is 3.41. The first kappa shape index (κ1) is 15.5. The van der Waals surface area contributed by atoms with Crippen LogP contribution in [0.5, 0.6) is 0 Å². The number of nitrogens with one attached hydrogen (secondary N) is 1. The van der Waals surface area contributed by atoms with Gasteiger partial charge in [-0.1, -0.05) is 19.3 Å². The summed E-state index contributed by atoms with van der Waals surface area (Å²) in [6, 6.07) is 0.416. The molecule has 2 rings (SSSR count). The highest BCUT2D eigenvalue weighted by Gasteiger charge is 2.39. The van der Waals surface area contributed by atoms with Crippen LogP contribution in [0.4, 0.5) is 0 Å². The molecule has 1 aromatic rings. The summed E-state index contributed by atoms with van der Waals surface area (Å²) in [5, 5.41) is 3.52. The van der Waals surface area contributed by atoms with Crippen LogP contribution in [0.3, 0.4) is 0 Å². The molecule has 0 aliphatic heterocycles. The molecule has 0 bridgehead atoms. The second-order valence-electron chi connectivity index (χ2n) is 5.89. The minimum Gasteiger partial charge on any atom is -0.374 e. The molecule has 1 atom stereocenters. The molecule has 1 saturated carbocycles. The molecule has 1 N–H and O–H groups in total. The number of ether oxygens (including phenoxy) is 1. The molecule has 114 valence electrons. The number of hydrogen-bond acceptors (Lipinski definition) is 3. The zero-order chi connectivity index (χ0) is 14.4. The van der Waals surface area contributed by atoms with Crippen molar-refractivity contribution < 1.29 is 4.74 Å². The van der Waals surface area contributed by atoms with Crippen LogP contribution in [0.2, 0.25) is 0 Å². The van der Waals surface area contributed by atoms with E-state index in [0.29, 0.717) is 6.04 Å². The molecule has 1 fully saturated rings. The maximum absolute atomic E-state index is 6.23. The van der Waals surface area contributed by atoms with E-state index in [4.69, 9.17) is 4.74 Å². The molecule has 1 unspecified atom stereocenters. The Labute approximate surface area is 122 Å². The average molecular weight is 279 g/mol. The fraction of sp³-hybridized carbons (Fsp3) is 0.812. The van der Waals surface area contributed by atoms with Gasteiger partial charge in [-0.25, -0.2) is 4.98 Å². The summed E-state index contributed by atoms with van der Waals surface area (Å²) in [6.07, 6.45) is 12.3. The highest BCUT2D eigenvalue weighted by molar-refractivity contribution is 4.98. The summed E-state index contributed by atoms with van der Waals surface area (Å²) in [4.78, 5) is 4.43. The minimum absolute atomic E-state index is 0.0346.